The van der Waals surface area contributed by atoms with Gasteiger partial charge < -0.3 is 0 Å². The third-order valence-electron chi connectivity index (χ3n) is 1.70. The van der Waals surface area contributed by atoms with Gasteiger partial charge in [-0.15, -0.1) is 0 Å². The lowest BCUT2D eigenvalue weighted by Gasteiger charge is -1.99. The SMILES string of the molecule is CC(=O)C(C)=C1SC(C=O)=C(C=O)S1. The molecule has 3 nitrogen and oxygen atoms in total. The molecule has 1 aliphatic heterocycles. The monoisotopic (exact) mass is 228 g/mol. The summed E-state index contributed by atoms with van der Waals surface area (Å²) in [5.74, 6) is -0.0441. The van der Waals surface area contributed by atoms with Gasteiger partial charge in [-0.2, -0.15) is 0 Å². The largest absolute Gasteiger partial charge is 0.297 e. The Labute approximate surface area is 90.0 Å². The summed E-state index contributed by atoms with van der Waals surface area (Å²) in [5, 5.41) is 0. The Balaban J connectivity index is 2.99. The van der Waals surface area contributed by atoms with Crippen molar-refractivity contribution in [3.8, 4) is 0 Å². The van der Waals surface area contributed by atoms with Crippen LogP contribution < -0.4 is 0 Å². The fourth-order valence-electron chi connectivity index (χ4n) is 0.782. The molecule has 74 valence electrons. The van der Waals surface area contributed by atoms with Gasteiger partial charge in [0.1, 0.15) is 0 Å². The average molecular weight is 228 g/mol. The molecule has 0 saturated carbocycles. The molecule has 5 heteroatoms. The lowest BCUT2D eigenvalue weighted by atomic mass is 10.2. The highest BCUT2D eigenvalue weighted by Crippen LogP contribution is 2.48. The number of thioether (sulfide) groups is 2. The number of allylic oxidation sites excluding steroid dienone is 3. The lowest BCUT2D eigenvalue weighted by molar-refractivity contribution is -0.113. The first-order valence-electron chi connectivity index (χ1n) is 3.82. The maximum Gasteiger partial charge on any atom is 0.158 e. The van der Waals surface area contributed by atoms with E-state index in [1.54, 1.807) is 6.92 Å². The highest BCUT2D eigenvalue weighted by Gasteiger charge is 2.22. The average Bonchev–Trinajstić information content (AvgIpc) is 2.59. The molecule has 1 aliphatic rings. The Morgan fingerprint density at radius 2 is 1.50 bits per heavy atom. The molecule has 0 aromatic carbocycles. The zero-order valence-electron chi connectivity index (χ0n) is 7.70. The molecule has 14 heavy (non-hydrogen) atoms. The third kappa shape index (κ3) is 2.16. The zero-order valence-corrected chi connectivity index (χ0v) is 9.33. The first-order valence-corrected chi connectivity index (χ1v) is 5.45. The predicted octanol–water partition coefficient (Wildman–Crippen LogP) is 1.90. The molecule has 1 heterocycles. The summed E-state index contributed by atoms with van der Waals surface area (Å²) in [7, 11) is 0. The Hall–Kier alpha value is -0.810. The molecule has 0 aromatic rings. The summed E-state index contributed by atoms with van der Waals surface area (Å²) in [4.78, 5) is 32.9. The van der Waals surface area contributed by atoms with Crippen LogP contribution in [-0.2, 0) is 14.4 Å². The van der Waals surface area contributed by atoms with Crippen molar-refractivity contribution in [1.29, 1.82) is 0 Å². The van der Waals surface area contributed by atoms with Gasteiger partial charge in [-0.1, -0.05) is 23.5 Å². The Bertz CT molecular complexity index is 344. The summed E-state index contributed by atoms with van der Waals surface area (Å²) in [5.41, 5.74) is 0.594. The summed E-state index contributed by atoms with van der Waals surface area (Å²) >= 11 is 2.36. The van der Waals surface area contributed by atoms with E-state index in [1.807, 2.05) is 0 Å². The number of hydrogen-bond donors (Lipinski definition) is 0. The van der Waals surface area contributed by atoms with Gasteiger partial charge in [0, 0.05) is 5.57 Å². The van der Waals surface area contributed by atoms with E-state index in [4.69, 9.17) is 0 Å². The van der Waals surface area contributed by atoms with Crippen molar-refractivity contribution in [1.82, 2.24) is 0 Å². The van der Waals surface area contributed by atoms with Crippen LogP contribution in [0, 0.1) is 0 Å². The maximum absolute atomic E-state index is 11.0. The van der Waals surface area contributed by atoms with Crippen molar-refractivity contribution in [2.75, 3.05) is 0 Å². The molecule has 0 spiro atoms. The highest BCUT2D eigenvalue weighted by molar-refractivity contribution is 8.29. The minimum atomic E-state index is -0.0441. The highest BCUT2D eigenvalue weighted by atomic mass is 32.2. The van der Waals surface area contributed by atoms with Crippen LogP contribution in [-0.4, -0.2) is 18.4 Å². The van der Waals surface area contributed by atoms with E-state index in [1.165, 1.54) is 30.4 Å². The normalized spacial score (nSPS) is 15.7. The fourth-order valence-corrected chi connectivity index (χ4v) is 3.12. The van der Waals surface area contributed by atoms with Crippen LogP contribution in [0.4, 0.5) is 0 Å². The number of Topliss-reactive ketones (excluding diaryl/α,β-unsaturated/α-hetero) is 1. The second-order valence-corrected chi connectivity index (χ2v) is 5.00. The van der Waals surface area contributed by atoms with Gasteiger partial charge in [0.05, 0.1) is 14.0 Å². The van der Waals surface area contributed by atoms with Gasteiger partial charge >= 0.3 is 0 Å². The summed E-state index contributed by atoms with van der Waals surface area (Å²) < 4.78 is 0.724. The number of rotatable bonds is 3. The van der Waals surface area contributed by atoms with E-state index in [9.17, 15) is 14.4 Å². The molecule has 0 radical (unpaired) electrons. The molecule has 0 bridgehead atoms. The Kier molecular flexibility index (Phi) is 3.71. The van der Waals surface area contributed by atoms with Crippen LogP contribution >= 0.6 is 23.5 Å². The summed E-state index contributed by atoms with van der Waals surface area (Å²) in [6.07, 6.45) is 1.28. The second kappa shape index (κ2) is 4.61. The van der Waals surface area contributed by atoms with Crippen molar-refractivity contribution in [3.05, 3.63) is 19.6 Å². The standard InChI is InChI=1S/C9H8O3S2/c1-5(6(2)12)9-13-7(3-10)8(4-11)14-9/h3-4H,1-2H3. The van der Waals surface area contributed by atoms with E-state index in [0.29, 0.717) is 28.0 Å². The van der Waals surface area contributed by atoms with E-state index < -0.39 is 0 Å². The third-order valence-corrected chi connectivity index (χ3v) is 4.38. The van der Waals surface area contributed by atoms with Crippen LogP contribution in [0.2, 0.25) is 0 Å². The summed E-state index contributed by atoms with van der Waals surface area (Å²) in [6, 6.07) is 0. The van der Waals surface area contributed by atoms with Crippen LogP contribution in [0.5, 0.6) is 0 Å². The van der Waals surface area contributed by atoms with Crippen LogP contribution in [0.1, 0.15) is 13.8 Å². The number of aldehydes is 2. The summed E-state index contributed by atoms with van der Waals surface area (Å²) in [6.45, 7) is 3.15. The molecule has 0 atom stereocenters. The van der Waals surface area contributed by atoms with Gasteiger partial charge in [-0.05, 0) is 13.8 Å². The van der Waals surface area contributed by atoms with E-state index >= 15 is 0 Å². The predicted molar refractivity (Wildman–Crippen MR) is 57.7 cm³/mol. The molecule has 0 aromatic heterocycles. The van der Waals surface area contributed by atoms with Crippen molar-refractivity contribution < 1.29 is 14.4 Å². The molecule has 1 rings (SSSR count). The van der Waals surface area contributed by atoms with Gasteiger partial charge in [0.15, 0.2) is 18.4 Å². The Morgan fingerprint density at radius 3 is 1.79 bits per heavy atom. The van der Waals surface area contributed by atoms with Crippen LogP contribution in [0.3, 0.4) is 0 Å². The number of carbonyl (C=O) groups excluding carboxylic acids is 3. The van der Waals surface area contributed by atoms with Gasteiger partial charge in [-0.3, -0.25) is 14.4 Å². The van der Waals surface area contributed by atoms with E-state index in [0.717, 1.165) is 4.24 Å². The first kappa shape index (κ1) is 11.3. The number of ketones is 1. The van der Waals surface area contributed by atoms with Crippen molar-refractivity contribution in [2.24, 2.45) is 0 Å². The fraction of sp³-hybridized carbons (Fsp3) is 0.222. The smallest absolute Gasteiger partial charge is 0.158 e. The minimum absolute atomic E-state index is 0.0441. The second-order valence-electron chi connectivity index (χ2n) is 2.64. The maximum atomic E-state index is 11.0. The molecule has 0 amide bonds. The van der Waals surface area contributed by atoms with E-state index in [-0.39, 0.29) is 5.78 Å². The number of carbonyl (C=O) groups is 3. The molecule has 0 fully saturated rings. The number of hydrogen-bond acceptors (Lipinski definition) is 5. The van der Waals surface area contributed by atoms with Gasteiger partial charge in [0.25, 0.3) is 0 Å². The molecule has 0 saturated heterocycles. The quantitative estimate of drug-likeness (QED) is 0.545. The van der Waals surface area contributed by atoms with Gasteiger partial charge in [0.2, 0.25) is 0 Å². The molecule has 0 unspecified atom stereocenters. The molecule has 0 aliphatic carbocycles. The van der Waals surface area contributed by atoms with Gasteiger partial charge in [-0.25, -0.2) is 0 Å². The van der Waals surface area contributed by atoms with E-state index in [2.05, 4.69) is 0 Å². The molecular weight excluding hydrogens is 220 g/mol. The minimum Gasteiger partial charge on any atom is -0.297 e. The van der Waals surface area contributed by atoms with Crippen LogP contribution in [0.25, 0.3) is 0 Å². The zero-order chi connectivity index (χ0) is 10.7. The van der Waals surface area contributed by atoms with Crippen LogP contribution in [0.15, 0.2) is 19.6 Å². The van der Waals surface area contributed by atoms with Crippen molar-refractivity contribution in [3.63, 3.8) is 0 Å². The molecular formula is C9H8O3S2. The Morgan fingerprint density at radius 1 is 1.07 bits per heavy atom. The van der Waals surface area contributed by atoms with Crippen molar-refractivity contribution >= 4 is 41.9 Å². The molecule has 0 N–H and O–H groups in total. The topological polar surface area (TPSA) is 51.2 Å². The first-order chi connectivity index (χ1) is 6.60. The van der Waals surface area contributed by atoms with Crippen molar-refractivity contribution in [2.45, 2.75) is 13.8 Å². The lowest BCUT2D eigenvalue weighted by Crippen LogP contribution is -1.92.